The minimum Gasteiger partial charge on any atom is -0.375 e. The number of halogens is 2. The Kier molecular flexibility index (Phi) is 5.45. The van der Waals surface area contributed by atoms with Gasteiger partial charge in [-0.05, 0) is 24.5 Å². The zero-order valence-electron chi connectivity index (χ0n) is 13.7. The van der Waals surface area contributed by atoms with Gasteiger partial charge in [-0.15, -0.1) is 0 Å². The molecule has 5 nitrogen and oxygen atoms in total. The third kappa shape index (κ3) is 3.74. The molecule has 0 spiro atoms. The highest BCUT2D eigenvalue weighted by Gasteiger charge is 2.39. The van der Waals surface area contributed by atoms with Gasteiger partial charge in [0.2, 0.25) is 10.0 Å². The van der Waals surface area contributed by atoms with Crippen molar-refractivity contribution in [3.63, 3.8) is 0 Å². The Balaban J connectivity index is 1.71. The second-order valence-corrected chi connectivity index (χ2v) is 9.29. The molecule has 1 aromatic carbocycles. The Hall–Kier alpha value is -0.370. The Morgan fingerprint density at radius 3 is 2.54 bits per heavy atom. The molecule has 24 heavy (non-hydrogen) atoms. The maximum Gasteiger partial charge on any atom is 0.243 e. The van der Waals surface area contributed by atoms with Crippen molar-refractivity contribution in [3.8, 4) is 0 Å². The lowest BCUT2D eigenvalue weighted by molar-refractivity contribution is -0.0683. The fourth-order valence-electron chi connectivity index (χ4n) is 3.41. The molecule has 2 aliphatic rings. The van der Waals surface area contributed by atoms with E-state index in [9.17, 15) is 8.42 Å². The summed E-state index contributed by atoms with van der Waals surface area (Å²) in [6.45, 7) is 6.45. The summed E-state index contributed by atoms with van der Waals surface area (Å²) in [6.07, 6.45) is 0.932. The normalized spacial score (nSPS) is 28.3. The average molecular weight is 393 g/mol. The van der Waals surface area contributed by atoms with E-state index in [1.165, 1.54) is 12.1 Å². The number of hydrogen-bond acceptors (Lipinski definition) is 4. The van der Waals surface area contributed by atoms with Crippen LogP contribution in [0.5, 0.6) is 0 Å². The highest BCUT2D eigenvalue weighted by molar-refractivity contribution is 7.89. The minimum absolute atomic E-state index is 0.0467. The molecule has 0 saturated carbocycles. The largest absolute Gasteiger partial charge is 0.375 e. The number of sulfonamides is 1. The van der Waals surface area contributed by atoms with Crippen LogP contribution in [0.3, 0.4) is 0 Å². The van der Waals surface area contributed by atoms with Gasteiger partial charge in [-0.3, -0.25) is 4.90 Å². The van der Waals surface area contributed by atoms with Gasteiger partial charge in [0.15, 0.2) is 0 Å². The van der Waals surface area contributed by atoms with Gasteiger partial charge in [0, 0.05) is 25.2 Å². The molecule has 2 fully saturated rings. The van der Waals surface area contributed by atoms with Gasteiger partial charge in [-0.25, -0.2) is 13.1 Å². The summed E-state index contributed by atoms with van der Waals surface area (Å²) < 4.78 is 34.0. The van der Waals surface area contributed by atoms with Crippen LogP contribution in [0.25, 0.3) is 0 Å². The topological polar surface area (TPSA) is 58.6 Å². The third-order valence-electron chi connectivity index (χ3n) is 4.70. The van der Waals surface area contributed by atoms with Crippen molar-refractivity contribution in [2.24, 2.45) is 5.92 Å². The lowest BCUT2D eigenvalue weighted by Crippen LogP contribution is -2.48. The van der Waals surface area contributed by atoms with E-state index in [1.54, 1.807) is 6.07 Å². The molecule has 1 aromatic rings. The fourth-order valence-corrected chi connectivity index (χ4v) is 5.79. The van der Waals surface area contributed by atoms with Gasteiger partial charge in [-0.2, -0.15) is 0 Å². The molecule has 2 heterocycles. The number of morpholine rings is 1. The van der Waals surface area contributed by atoms with E-state index < -0.39 is 10.0 Å². The SMILES string of the molecule is CC(C)[C@H]1CN2C[C@@H](NS(=O)(=O)c3c(Cl)cccc3Cl)C[C@H]2CO1. The molecule has 0 bridgehead atoms. The van der Waals surface area contributed by atoms with Crippen molar-refractivity contribution in [1.82, 2.24) is 9.62 Å². The quantitative estimate of drug-likeness (QED) is 0.855. The molecule has 3 atom stereocenters. The van der Waals surface area contributed by atoms with Gasteiger partial charge in [-0.1, -0.05) is 43.1 Å². The van der Waals surface area contributed by atoms with E-state index in [1.807, 2.05) is 0 Å². The van der Waals surface area contributed by atoms with Crippen molar-refractivity contribution in [2.75, 3.05) is 19.7 Å². The lowest BCUT2D eigenvalue weighted by Gasteiger charge is -2.36. The van der Waals surface area contributed by atoms with Crippen LogP contribution in [0.1, 0.15) is 20.3 Å². The first-order valence-corrected chi connectivity index (χ1v) is 10.3. The van der Waals surface area contributed by atoms with Crippen molar-refractivity contribution in [3.05, 3.63) is 28.2 Å². The second-order valence-electron chi connectivity index (χ2n) is 6.83. The van der Waals surface area contributed by atoms with Crippen molar-refractivity contribution in [1.29, 1.82) is 0 Å². The van der Waals surface area contributed by atoms with E-state index >= 15 is 0 Å². The number of nitrogens with zero attached hydrogens (tertiary/aromatic N) is 1. The van der Waals surface area contributed by atoms with Gasteiger partial charge in [0.1, 0.15) is 4.90 Å². The maximum absolute atomic E-state index is 12.7. The zero-order chi connectivity index (χ0) is 17.5. The van der Waals surface area contributed by atoms with E-state index in [0.29, 0.717) is 19.1 Å². The standard InChI is InChI=1S/C16H22Cl2N2O3S/c1-10(2)15-8-20-7-11(6-12(20)9-23-15)19-24(21,22)16-13(17)4-3-5-14(16)18/h3-5,10-12,15,19H,6-9H2,1-2H3/t11-,12-,15+/m0/s1. The number of benzene rings is 1. The van der Waals surface area contributed by atoms with Crippen LogP contribution >= 0.6 is 23.2 Å². The molecule has 0 unspecified atom stereocenters. The second kappa shape index (κ2) is 7.09. The van der Waals surface area contributed by atoms with E-state index in [2.05, 4.69) is 23.5 Å². The third-order valence-corrected chi connectivity index (χ3v) is 7.17. The first-order chi connectivity index (χ1) is 11.3. The molecule has 8 heteroatoms. The van der Waals surface area contributed by atoms with Gasteiger partial charge in [0.05, 0.1) is 22.8 Å². The van der Waals surface area contributed by atoms with Gasteiger partial charge in [0.25, 0.3) is 0 Å². The number of nitrogens with one attached hydrogen (secondary N) is 1. The number of rotatable bonds is 4. The van der Waals surface area contributed by atoms with E-state index in [-0.39, 0.29) is 33.1 Å². The molecule has 0 radical (unpaired) electrons. The molecule has 2 saturated heterocycles. The molecule has 0 amide bonds. The zero-order valence-corrected chi connectivity index (χ0v) is 16.0. The van der Waals surface area contributed by atoms with Crippen molar-refractivity contribution in [2.45, 2.75) is 43.4 Å². The smallest absolute Gasteiger partial charge is 0.243 e. The van der Waals surface area contributed by atoms with Crippen LogP contribution < -0.4 is 4.72 Å². The first-order valence-electron chi connectivity index (χ1n) is 8.10. The summed E-state index contributed by atoms with van der Waals surface area (Å²) >= 11 is 12.1. The Labute approximate surface area is 153 Å². The monoisotopic (exact) mass is 392 g/mol. The van der Waals surface area contributed by atoms with E-state index in [0.717, 1.165) is 13.0 Å². The molecule has 0 aromatic heterocycles. The van der Waals surface area contributed by atoms with Crippen molar-refractivity contribution < 1.29 is 13.2 Å². The molecule has 134 valence electrons. The molecule has 2 aliphatic heterocycles. The lowest BCUT2D eigenvalue weighted by atomic mass is 10.0. The first kappa shape index (κ1) is 18.4. The number of ether oxygens (including phenoxy) is 1. The molecule has 0 aliphatic carbocycles. The van der Waals surface area contributed by atoms with E-state index in [4.69, 9.17) is 27.9 Å². The van der Waals surface area contributed by atoms with Gasteiger partial charge >= 0.3 is 0 Å². The maximum atomic E-state index is 12.7. The summed E-state index contributed by atoms with van der Waals surface area (Å²) in [5.74, 6) is 0.448. The summed E-state index contributed by atoms with van der Waals surface area (Å²) in [4.78, 5) is 2.27. The van der Waals surface area contributed by atoms with Crippen LogP contribution in [0, 0.1) is 5.92 Å². The Morgan fingerprint density at radius 2 is 1.92 bits per heavy atom. The van der Waals surface area contributed by atoms with Gasteiger partial charge < -0.3 is 4.74 Å². The summed E-state index contributed by atoms with van der Waals surface area (Å²) in [7, 11) is -3.76. The predicted molar refractivity (Wildman–Crippen MR) is 95.1 cm³/mol. The number of hydrogen-bond donors (Lipinski definition) is 1. The van der Waals surface area contributed by atoms with Crippen LogP contribution in [0.4, 0.5) is 0 Å². The van der Waals surface area contributed by atoms with Crippen LogP contribution in [-0.2, 0) is 14.8 Å². The van der Waals surface area contributed by atoms with Crippen LogP contribution in [0.2, 0.25) is 10.0 Å². The predicted octanol–water partition coefficient (Wildman–Crippen LogP) is 2.77. The Bertz CT molecular complexity index is 691. The molecule has 3 rings (SSSR count). The highest BCUT2D eigenvalue weighted by atomic mass is 35.5. The minimum atomic E-state index is -3.76. The average Bonchev–Trinajstić information content (AvgIpc) is 2.86. The van der Waals surface area contributed by atoms with Crippen molar-refractivity contribution >= 4 is 33.2 Å². The molecular formula is C16H22Cl2N2O3S. The fraction of sp³-hybridized carbons (Fsp3) is 0.625. The van der Waals surface area contributed by atoms with Crippen LogP contribution in [0.15, 0.2) is 23.1 Å². The van der Waals surface area contributed by atoms with Crippen LogP contribution in [-0.4, -0.2) is 51.2 Å². The Morgan fingerprint density at radius 1 is 1.25 bits per heavy atom. The summed E-state index contributed by atoms with van der Waals surface area (Å²) in [5, 5.41) is 0.267. The molecule has 1 N–H and O–H groups in total. The molecular weight excluding hydrogens is 371 g/mol. The summed E-state index contributed by atoms with van der Waals surface area (Å²) in [6, 6.07) is 4.78. The highest BCUT2D eigenvalue weighted by Crippen LogP contribution is 2.31. The summed E-state index contributed by atoms with van der Waals surface area (Å²) in [5.41, 5.74) is 0. The number of fused-ring (bicyclic) bond motifs is 1.